The second kappa shape index (κ2) is 10.2. The first-order chi connectivity index (χ1) is 15.2. The summed E-state index contributed by atoms with van der Waals surface area (Å²) in [5, 5.41) is 2.04. The van der Waals surface area contributed by atoms with E-state index in [2.05, 4.69) is 10.3 Å². The van der Waals surface area contributed by atoms with Gasteiger partial charge in [0.15, 0.2) is 0 Å². The fourth-order valence-electron chi connectivity index (χ4n) is 3.19. The quantitative estimate of drug-likeness (QED) is 0.564. The first-order valence-electron chi connectivity index (χ1n) is 10.6. The molecular formula is C24H28N2O5S. The molecule has 1 aromatic heterocycles. The maximum Gasteiger partial charge on any atom is 0.308 e. The number of amides is 2. The molecule has 2 amide bonds. The van der Waals surface area contributed by atoms with E-state index < -0.39 is 4.75 Å². The van der Waals surface area contributed by atoms with Crippen molar-refractivity contribution >= 4 is 28.9 Å². The lowest BCUT2D eigenvalue weighted by atomic mass is 9.99. The number of aromatic nitrogens is 1. The summed E-state index contributed by atoms with van der Waals surface area (Å²) in [4.78, 5) is 39.6. The molecule has 2 aromatic rings. The predicted molar refractivity (Wildman–Crippen MR) is 122 cm³/mol. The third kappa shape index (κ3) is 6.09. The van der Waals surface area contributed by atoms with Gasteiger partial charge in [0, 0.05) is 23.9 Å². The topological polar surface area (TPSA) is 94.6 Å². The number of thioether (sulfide) groups is 1. The number of carbonyl (C=O) groups is 3. The molecule has 1 aromatic carbocycles. The fourth-order valence-corrected chi connectivity index (χ4v) is 4.12. The zero-order valence-electron chi connectivity index (χ0n) is 18.7. The molecular weight excluding hydrogens is 428 g/mol. The van der Waals surface area contributed by atoms with Crippen LogP contribution >= 0.6 is 11.8 Å². The molecule has 0 bridgehead atoms. The molecule has 1 N–H and O–H groups in total. The normalized spacial score (nSPS) is 19.0. The van der Waals surface area contributed by atoms with Gasteiger partial charge >= 0.3 is 5.97 Å². The maximum atomic E-state index is 12.0. The lowest BCUT2D eigenvalue weighted by Crippen LogP contribution is -2.35. The number of benzene rings is 1. The summed E-state index contributed by atoms with van der Waals surface area (Å²) in [6.07, 6.45) is 2.50. The second-order valence-corrected chi connectivity index (χ2v) is 9.79. The summed E-state index contributed by atoms with van der Waals surface area (Å²) < 4.78 is 10.4. The molecule has 2 heterocycles. The average Bonchev–Trinajstić information content (AvgIpc) is 3.00. The van der Waals surface area contributed by atoms with Crippen molar-refractivity contribution in [3.63, 3.8) is 0 Å². The van der Waals surface area contributed by atoms with Gasteiger partial charge in [-0.3, -0.25) is 24.7 Å². The first-order valence-corrected chi connectivity index (χ1v) is 11.4. The molecule has 170 valence electrons. The molecule has 1 aliphatic heterocycles. The van der Waals surface area contributed by atoms with Crippen LogP contribution in [0.1, 0.15) is 50.6 Å². The van der Waals surface area contributed by atoms with E-state index in [0.29, 0.717) is 19.4 Å². The van der Waals surface area contributed by atoms with E-state index in [1.165, 1.54) is 0 Å². The van der Waals surface area contributed by atoms with Crippen molar-refractivity contribution in [3.05, 3.63) is 59.4 Å². The Morgan fingerprint density at radius 2 is 1.84 bits per heavy atom. The molecule has 1 fully saturated rings. The molecule has 1 saturated heterocycles. The molecule has 3 rings (SSSR count). The van der Waals surface area contributed by atoms with Crippen molar-refractivity contribution in [2.24, 2.45) is 5.92 Å². The van der Waals surface area contributed by atoms with E-state index in [-0.39, 0.29) is 29.1 Å². The van der Waals surface area contributed by atoms with E-state index in [9.17, 15) is 14.4 Å². The molecule has 0 spiro atoms. The Morgan fingerprint density at radius 1 is 1.12 bits per heavy atom. The maximum absolute atomic E-state index is 12.0. The van der Waals surface area contributed by atoms with Crippen LogP contribution < -0.4 is 10.1 Å². The van der Waals surface area contributed by atoms with Crippen LogP contribution in [0.3, 0.4) is 0 Å². The summed E-state index contributed by atoms with van der Waals surface area (Å²) in [5.41, 5.74) is 2.69. The third-order valence-electron chi connectivity index (χ3n) is 5.19. The van der Waals surface area contributed by atoms with Crippen LogP contribution in [0, 0.1) is 5.92 Å². The molecule has 32 heavy (non-hydrogen) atoms. The van der Waals surface area contributed by atoms with Gasteiger partial charge in [-0.2, -0.15) is 0 Å². The van der Waals surface area contributed by atoms with E-state index in [0.717, 1.165) is 34.3 Å². The van der Waals surface area contributed by atoms with E-state index in [1.807, 2.05) is 43.3 Å². The van der Waals surface area contributed by atoms with Crippen LogP contribution in [0.5, 0.6) is 5.75 Å². The van der Waals surface area contributed by atoms with E-state index in [1.54, 1.807) is 27.0 Å². The number of imide groups is 1. The van der Waals surface area contributed by atoms with Crippen LogP contribution in [0.2, 0.25) is 0 Å². The van der Waals surface area contributed by atoms with Crippen molar-refractivity contribution in [2.45, 2.75) is 51.4 Å². The minimum absolute atomic E-state index is 0.163. The molecule has 7 nitrogen and oxygen atoms in total. The number of rotatable bonds is 9. The van der Waals surface area contributed by atoms with Crippen molar-refractivity contribution in [3.8, 4) is 5.75 Å². The van der Waals surface area contributed by atoms with Gasteiger partial charge < -0.3 is 9.47 Å². The van der Waals surface area contributed by atoms with Gasteiger partial charge in [0.25, 0.3) is 5.24 Å². The summed E-state index contributed by atoms with van der Waals surface area (Å²) in [6, 6.07) is 11.4. The van der Waals surface area contributed by atoms with Gasteiger partial charge in [-0.25, -0.2) is 0 Å². The smallest absolute Gasteiger partial charge is 0.308 e. The number of nitrogens with zero attached hydrogens (tertiary/aromatic N) is 1. The lowest BCUT2D eigenvalue weighted by molar-refractivity contribution is -0.152. The zero-order chi connectivity index (χ0) is 23.3. The fraction of sp³-hybridized carbons (Fsp3) is 0.417. The molecule has 0 saturated carbocycles. The van der Waals surface area contributed by atoms with Gasteiger partial charge in [0.1, 0.15) is 16.6 Å². The monoisotopic (exact) mass is 456 g/mol. The van der Waals surface area contributed by atoms with E-state index in [4.69, 9.17) is 9.47 Å². The molecule has 0 radical (unpaired) electrons. The second-order valence-electron chi connectivity index (χ2n) is 8.31. The largest absolute Gasteiger partial charge is 0.493 e. The number of ether oxygens (including phenoxy) is 2. The SMILES string of the molecule is CC(C)C(=O)OC(C)c1ccc(CCOc2ccc(C[C@]3(C)SC(=O)NC3=O)cc2)nc1. The Hall–Kier alpha value is -2.87. The minimum atomic E-state index is -0.776. The zero-order valence-corrected chi connectivity index (χ0v) is 19.5. The Kier molecular flexibility index (Phi) is 7.56. The van der Waals surface area contributed by atoms with Crippen molar-refractivity contribution in [1.29, 1.82) is 0 Å². The molecule has 2 atom stereocenters. The van der Waals surface area contributed by atoms with Gasteiger partial charge in [-0.15, -0.1) is 0 Å². The summed E-state index contributed by atoms with van der Waals surface area (Å²) in [6.45, 7) is 7.68. The molecule has 0 aliphatic carbocycles. The number of nitrogens with one attached hydrogen (secondary N) is 1. The average molecular weight is 457 g/mol. The highest BCUT2D eigenvalue weighted by Gasteiger charge is 2.43. The number of carbonyl (C=O) groups excluding carboxylic acids is 3. The van der Waals surface area contributed by atoms with Gasteiger partial charge in [-0.05, 0) is 55.8 Å². The predicted octanol–water partition coefficient (Wildman–Crippen LogP) is 4.25. The Morgan fingerprint density at radius 3 is 2.41 bits per heavy atom. The highest BCUT2D eigenvalue weighted by Crippen LogP contribution is 2.34. The molecule has 1 unspecified atom stereocenters. The Bertz CT molecular complexity index is 975. The lowest BCUT2D eigenvalue weighted by Gasteiger charge is -2.18. The van der Waals surface area contributed by atoms with Gasteiger partial charge in [-0.1, -0.05) is 32.0 Å². The minimum Gasteiger partial charge on any atom is -0.493 e. The van der Waals surface area contributed by atoms with Crippen molar-refractivity contribution in [2.75, 3.05) is 6.61 Å². The Balaban J connectivity index is 1.47. The van der Waals surface area contributed by atoms with Gasteiger partial charge in [0.2, 0.25) is 5.91 Å². The van der Waals surface area contributed by atoms with Gasteiger partial charge in [0.05, 0.1) is 12.5 Å². The highest BCUT2D eigenvalue weighted by molar-refractivity contribution is 8.16. The number of hydrogen-bond acceptors (Lipinski definition) is 7. The Labute approximate surface area is 192 Å². The van der Waals surface area contributed by atoms with Crippen molar-refractivity contribution < 1.29 is 23.9 Å². The van der Waals surface area contributed by atoms with Crippen LogP contribution in [-0.2, 0) is 27.2 Å². The summed E-state index contributed by atoms with van der Waals surface area (Å²) in [5.74, 6) is 0.0845. The van der Waals surface area contributed by atoms with Crippen molar-refractivity contribution in [1.82, 2.24) is 10.3 Å². The van der Waals surface area contributed by atoms with Crippen LogP contribution in [0.4, 0.5) is 4.79 Å². The van der Waals surface area contributed by atoms with Crippen LogP contribution in [0.25, 0.3) is 0 Å². The molecule has 1 aliphatic rings. The number of hydrogen-bond donors (Lipinski definition) is 1. The summed E-state index contributed by atoms with van der Waals surface area (Å²) >= 11 is 1.03. The molecule has 8 heteroatoms. The number of esters is 1. The van der Waals surface area contributed by atoms with Crippen LogP contribution in [-0.4, -0.2) is 33.5 Å². The summed E-state index contributed by atoms with van der Waals surface area (Å²) in [7, 11) is 0. The van der Waals surface area contributed by atoms with E-state index >= 15 is 0 Å². The third-order valence-corrected chi connectivity index (χ3v) is 6.25. The number of pyridine rings is 1. The standard InChI is InChI=1S/C24H28N2O5S/c1-15(2)21(27)31-16(3)18-7-8-19(25-14-18)11-12-30-20-9-5-17(6-10-20)13-24(4)22(28)26-23(29)32-24/h5-10,14-16H,11-13H2,1-4H3,(H,26,28,29)/t16?,24-/m0/s1. The first kappa shape index (κ1) is 23.8. The van der Waals surface area contributed by atoms with Crippen LogP contribution in [0.15, 0.2) is 42.6 Å². The highest BCUT2D eigenvalue weighted by atomic mass is 32.2.